The summed E-state index contributed by atoms with van der Waals surface area (Å²) in [5, 5.41) is 3.17. The Hall–Kier alpha value is -1.58. The van der Waals surface area contributed by atoms with Crippen LogP contribution in [0.5, 0.6) is 0 Å². The van der Waals surface area contributed by atoms with Crippen LogP contribution in [0, 0.1) is 0 Å². The van der Waals surface area contributed by atoms with E-state index in [1.54, 1.807) is 12.5 Å². The van der Waals surface area contributed by atoms with Gasteiger partial charge in [0.2, 0.25) is 0 Å². The van der Waals surface area contributed by atoms with Crippen LogP contribution in [0.1, 0.15) is 16.7 Å². The lowest BCUT2D eigenvalue weighted by molar-refractivity contribution is 0.317. The summed E-state index contributed by atoms with van der Waals surface area (Å²) in [5.74, 6) is 0. The van der Waals surface area contributed by atoms with Gasteiger partial charge in [-0.2, -0.15) is 0 Å². The number of benzene rings is 1. The number of furan rings is 1. The van der Waals surface area contributed by atoms with Gasteiger partial charge in [-0.3, -0.25) is 4.90 Å². The maximum atomic E-state index is 5.08. The van der Waals surface area contributed by atoms with E-state index in [1.165, 1.54) is 16.7 Å². The van der Waals surface area contributed by atoms with Crippen LogP contribution in [-0.2, 0) is 19.6 Å². The molecule has 3 heteroatoms. The molecule has 2 rings (SSSR count). The third-order valence-corrected chi connectivity index (χ3v) is 2.86. The molecule has 2 aromatic rings. The van der Waals surface area contributed by atoms with E-state index >= 15 is 0 Å². The zero-order valence-corrected chi connectivity index (χ0v) is 11.0. The molecule has 1 aromatic carbocycles. The molecule has 0 atom stereocenters. The molecule has 0 saturated carbocycles. The van der Waals surface area contributed by atoms with Crippen LogP contribution in [0.15, 0.2) is 47.3 Å². The molecule has 96 valence electrons. The number of hydrogen-bond donors (Lipinski definition) is 1. The SMILES string of the molecule is CNCc1cccc(CN(C)Cc2ccoc2)c1. The topological polar surface area (TPSA) is 28.4 Å². The first-order valence-corrected chi connectivity index (χ1v) is 6.20. The molecule has 1 heterocycles. The number of nitrogens with zero attached hydrogens (tertiary/aromatic N) is 1. The van der Waals surface area contributed by atoms with Crippen molar-refractivity contribution < 1.29 is 4.42 Å². The second kappa shape index (κ2) is 6.38. The van der Waals surface area contributed by atoms with Crippen molar-refractivity contribution in [1.29, 1.82) is 0 Å². The molecule has 0 unspecified atom stereocenters. The molecule has 0 fully saturated rings. The summed E-state index contributed by atoms with van der Waals surface area (Å²) in [6, 6.07) is 10.7. The Kier molecular flexibility index (Phi) is 4.56. The Morgan fingerprint density at radius 2 is 1.89 bits per heavy atom. The molecule has 0 bridgehead atoms. The first-order chi connectivity index (χ1) is 8.78. The Bertz CT molecular complexity index is 465. The fraction of sp³-hybridized carbons (Fsp3) is 0.333. The van der Waals surface area contributed by atoms with Crippen LogP contribution >= 0.6 is 0 Å². The molecule has 18 heavy (non-hydrogen) atoms. The highest BCUT2D eigenvalue weighted by Gasteiger charge is 2.03. The highest BCUT2D eigenvalue weighted by atomic mass is 16.3. The van der Waals surface area contributed by atoms with E-state index in [9.17, 15) is 0 Å². The highest BCUT2D eigenvalue weighted by Crippen LogP contribution is 2.10. The standard InChI is InChI=1S/C15H20N2O/c1-16-9-13-4-3-5-14(8-13)10-17(2)11-15-6-7-18-12-15/h3-8,12,16H,9-11H2,1-2H3. The smallest absolute Gasteiger partial charge is 0.0947 e. The minimum absolute atomic E-state index is 0.909. The van der Waals surface area contributed by atoms with Gasteiger partial charge in [0, 0.05) is 25.2 Å². The van der Waals surface area contributed by atoms with E-state index in [-0.39, 0.29) is 0 Å². The van der Waals surface area contributed by atoms with Gasteiger partial charge in [0.15, 0.2) is 0 Å². The highest BCUT2D eigenvalue weighted by molar-refractivity contribution is 5.23. The van der Waals surface area contributed by atoms with Gasteiger partial charge in [-0.15, -0.1) is 0 Å². The summed E-state index contributed by atoms with van der Waals surface area (Å²) in [6.07, 6.45) is 3.52. The molecule has 3 nitrogen and oxygen atoms in total. The maximum absolute atomic E-state index is 5.08. The Morgan fingerprint density at radius 3 is 2.61 bits per heavy atom. The quantitative estimate of drug-likeness (QED) is 0.846. The van der Waals surface area contributed by atoms with E-state index in [0.717, 1.165) is 19.6 Å². The summed E-state index contributed by atoms with van der Waals surface area (Å²) >= 11 is 0. The van der Waals surface area contributed by atoms with Crippen LogP contribution in [0.3, 0.4) is 0 Å². The van der Waals surface area contributed by atoms with Crippen molar-refractivity contribution >= 4 is 0 Å². The number of hydrogen-bond acceptors (Lipinski definition) is 3. The number of nitrogens with one attached hydrogen (secondary N) is 1. The minimum Gasteiger partial charge on any atom is -0.472 e. The van der Waals surface area contributed by atoms with E-state index < -0.39 is 0 Å². The largest absolute Gasteiger partial charge is 0.472 e. The molecule has 0 saturated heterocycles. The number of rotatable bonds is 6. The molecule has 0 amide bonds. The lowest BCUT2D eigenvalue weighted by Gasteiger charge is -2.16. The van der Waals surface area contributed by atoms with Crippen molar-refractivity contribution in [1.82, 2.24) is 10.2 Å². The zero-order valence-electron chi connectivity index (χ0n) is 11.0. The van der Waals surface area contributed by atoms with Crippen molar-refractivity contribution in [2.75, 3.05) is 14.1 Å². The Balaban J connectivity index is 1.93. The van der Waals surface area contributed by atoms with Gasteiger partial charge in [-0.1, -0.05) is 24.3 Å². The third kappa shape index (κ3) is 3.72. The minimum atomic E-state index is 0.909. The van der Waals surface area contributed by atoms with Crippen molar-refractivity contribution in [3.8, 4) is 0 Å². The second-order valence-electron chi connectivity index (χ2n) is 4.65. The average Bonchev–Trinajstić information content (AvgIpc) is 2.82. The van der Waals surface area contributed by atoms with Crippen LogP contribution in [-0.4, -0.2) is 19.0 Å². The fourth-order valence-corrected chi connectivity index (χ4v) is 2.10. The van der Waals surface area contributed by atoms with Crippen molar-refractivity contribution in [2.24, 2.45) is 0 Å². The van der Waals surface area contributed by atoms with Crippen LogP contribution in [0.4, 0.5) is 0 Å². The lowest BCUT2D eigenvalue weighted by Crippen LogP contribution is -2.17. The van der Waals surface area contributed by atoms with Gasteiger partial charge in [0.25, 0.3) is 0 Å². The van der Waals surface area contributed by atoms with Gasteiger partial charge >= 0.3 is 0 Å². The molecule has 0 radical (unpaired) electrons. The van der Waals surface area contributed by atoms with E-state index in [1.807, 2.05) is 13.1 Å². The van der Waals surface area contributed by atoms with Crippen LogP contribution in [0.25, 0.3) is 0 Å². The fourth-order valence-electron chi connectivity index (χ4n) is 2.10. The van der Waals surface area contributed by atoms with E-state index in [0.29, 0.717) is 0 Å². The predicted octanol–water partition coefficient (Wildman–Crippen LogP) is 2.63. The average molecular weight is 244 g/mol. The monoisotopic (exact) mass is 244 g/mol. The molecule has 1 aromatic heterocycles. The van der Waals surface area contributed by atoms with Crippen LogP contribution < -0.4 is 5.32 Å². The predicted molar refractivity (Wildman–Crippen MR) is 73.1 cm³/mol. The molecule has 0 aliphatic heterocycles. The Morgan fingerprint density at radius 1 is 1.11 bits per heavy atom. The van der Waals surface area contributed by atoms with Crippen molar-refractivity contribution in [2.45, 2.75) is 19.6 Å². The lowest BCUT2D eigenvalue weighted by atomic mass is 10.1. The van der Waals surface area contributed by atoms with Gasteiger partial charge in [0.1, 0.15) is 0 Å². The summed E-state index contributed by atoms with van der Waals surface area (Å²) in [4.78, 5) is 2.28. The van der Waals surface area contributed by atoms with E-state index in [4.69, 9.17) is 4.42 Å². The first-order valence-electron chi connectivity index (χ1n) is 6.20. The molecular weight excluding hydrogens is 224 g/mol. The summed E-state index contributed by atoms with van der Waals surface area (Å²) in [5.41, 5.74) is 3.88. The zero-order chi connectivity index (χ0) is 12.8. The van der Waals surface area contributed by atoms with Gasteiger partial charge in [-0.05, 0) is 31.3 Å². The first kappa shape index (κ1) is 12.9. The Labute approximate surface area is 108 Å². The van der Waals surface area contributed by atoms with Gasteiger partial charge < -0.3 is 9.73 Å². The van der Waals surface area contributed by atoms with Gasteiger partial charge in [-0.25, -0.2) is 0 Å². The third-order valence-electron chi connectivity index (χ3n) is 2.86. The molecule has 0 spiro atoms. The van der Waals surface area contributed by atoms with Crippen molar-refractivity contribution in [3.05, 3.63) is 59.5 Å². The summed E-state index contributed by atoms with van der Waals surface area (Å²) in [7, 11) is 4.09. The second-order valence-corrected chi connectivity index (χ2v) is 4.65. The molecular formula is C15H20N2O. The van der Waals surface area contributed by atoms with Gasteiger partial charge in [0.05, 0.1) is 12.5 Å². The molecule has 1 N–H and O–H groups in total. The molecule has 0 aliphatic rings. The van der Waals surface area contributed by atoms with Crippen LogP contribution in [0.2, 0.25) is 0 Å². The van der Waals surface area contributed by atoms with Crippen molar-refractivity contribution in [3.63, 3.8) is 0 Å². The maximum Gasteiger partial charge on any atom is 0.0947 e. The van der Waals surface area contributed by atoms with E-state index in [2.05, 4.69) is 41.5 Å². The normalized spacial score (nSPS) is 11.1. The summed E-state index contributed by atoms with van der Waals surface area (Å²) in [6.45, 7) is 2.77. The summed E-state index contributed by atoms with van der Waals surface area (Å²) < 4.78 is 5.08. The molecule has 0 aliphatic carbocycles.